The number of aliphatic imine (C=N–C) groups is 1. The summed E-state index contributed by atoms with van der Waals surface area (Å²) in [5, 5.41) is 8.64. The van der Waals surface area contributed by atoms with Crippen LogP contribution in [0, 0.1) is 11.8 Å². The molecule has 2 fully saturated rings. The van der Waals surface area contributed by atoms with Crippen molar-refractivity contribution < 1.29 is 9.59 Å². The topological polar surface area (TPSA) is 85.8 Å². The Bertz CT molecular complexity index is 797. The summed E-state index contributed by atoms with van der Waals surface area (Å²) in [6.45, 7) is 7.25. The molecule has 0 spiro atoms. The summed E-state index contributed by atoms with van der Waals surface area (Å²) in [6, 6.07) is 8.31. The molecule has 1 atom stereocenters. The van der Waals surface area contributed by atoms with Gasteiger partial charge in [0, 0.05) is 26.2 Å². The number of urea groups is 1. The smallest absolute Gasteiger partial charge is 0.322 e. The zero-order valence-electron chi connectivity index (χ0n) is 17.7. The predicted octanol–water partition coefficient (Wildman–Crippen LogP) is 2.30. The number of hydrogen-bond acceptors (Lipinski definition) is 3. The van der Waals surface area contributed by atoms with Gasteiger partial charge in [0.05, 0.1) is 0 Å². The Morgan fingerprint density at radius 3 is 2.37 bits per heavy atom. The molecule has 0 saturated carbocycles. The van der Waals surface area contributed by atoms with Crippen molar-refractivity contribution in [2.45, 2.75) is 45.1 Å². The molecular weight excluding hydrogens is 493 g/mol. The molecule has 3 aliphatic rings. The second-order valence-corrected chi connectivity index (χ2v) is 8.61. The van der Waals surface area contributed by atoms with Crippen molar-refractivity contribution in [1.82, 2.24) is 20.9 Å². The molecule has 2 aliphatic heterocycles. The fourth-order valence-electron chi connectivity index (χ4n) is 4.93. The fraction of sp³-hybridized carbons (Fsp3) is 0.591. The summed E-state index contributed by atoms with van der Waals surface area (Å²) in [4.78, 5) is 31.0. The molecule has 2 saturated heterocycles. The van der Waals surface area contributed by atoms with E-state index in [0.717, 1.165) is 57.8 Å². The van der Waals surface area contributed by atoms with Gasteiger partial charge in [-0.25, -0.2) is 4.79 Å². The summed E-state index contributed by atoms with van der Waals surface area (Å²) in [6.07, 6.45) is 3.91. The van der Waals surface area contributed by atoms with Crippen LogP contribution in [-0.2, 0) is 17.6 Å². The van der Waals surface area contributed by atoms with E-state index in [-0.39, 0.29) is 41.8 Å². The average molecular weight is 525 g/mol. The van der Waals surface area contributed by atoms with Gasteiger partial charge in [0.1, 0.15) is 5.54 Å². The number of piperidine rings is 1. The number of rotatable bonds is 4. The number of nitrogens with zero attached hydrogens (tertiary/aromatic N) is 2. The van der Waals surface area contributed by atoms with Crippen LogP contribution in [0.4, 0.5) is 4.79 Å². The van der Waals surface area contributed by atoms with E-state index in [2.05, 4.69) is 52.0 Å². The summed E-state index contributed by atoms with van der Waals surface area (Å²) in [5.41, 5.74) is 2.13. The Morgan fingerprint density at radius 2 is 1.83 bits per heavy atom. The van der Waals surface area contributed by atoms with Gasteiger partial charge in [0.25, 0.3) is 5.91 Å². The number of guanidine groups is 1. The third kappa shape index (κ3) is 4.58. The molecule has 164 valence electrons. The molecule has 0 bridgehead atoms. The average Bonchev–Trinajstić information content (AvgIpc) is 3.25. The zero-order valence-corrected chi connectivity index (χ0v) is 20.1. The summed E-state index contributed by atoms with van der Waals surface area (Å²) in [5.74, 6) is 1.46. The third-order valence-corrected chi connectivity index (χ3v) is 6.65. The summed E-state index contributed by atoms with van der Waals surface area (Å²) in [7, 11) is 0. The van der Waals surface area contributed by atoms with Crippen molar-refractivity contribution in [2.75, 3.05) is 26.2 Å². The molecule has 8 heteroatoms. The number of imide groups is 1. The largest absolute Gasteiger partial charge is 0.357 e. The van der Waals surface area contributed by atoms with Gasteiger partial charge in [-0.15, -0.1) is 24.0 Å². The van der Waals surface area contributed by atoms with Crippen LogP contribution in [0.2, 0.25) is 0 Å². The predicted molar refractivity (Wildman–Crippen MR) is 128 cm³/mol. The third-order valence-electron chi connectivity index (χ3n) is 6.65. The van der Waals surface area contributed by atoms with Gasteiger partial charge in [-0.05, 0) is 62.5 Å². The van der Waals surface area contributed by atoms with Crippen LogP contribution < -0.4 is 16.0 Å². The lowest BCUT2D eigenvalue weighted by Crippen LogP contribution is -2.55. The number of benzene rings is 1. The van der Waals surface area contributed by atoms with Crippen LogP contribution in [0.25, 0.3) is 0 Å². The van der Waals surface area contributed by atoms with Crippen LogP contribution >= 0.6 is 24.0 Å². The van der Waals surface area contributed by atoms with Crippen LogP contribution in [0.1, 0.15) is 37.8 Å². The van der Waals surface area contributed by atoms with E-state index in [4.69, 9.17) is 4.99 Å². The molecule has 3 N–H and O–H groups in total. The van der Waals surface area contributed by atoms with Gasteiger partial charge in [0.15, 0.2) is 5.96 Å². The Balaban J connectivity index is 0.00000256. The summed E-state index contributed by atoms with van der Waals surface area (Å²) >= 11 is 0. The van der Waals surface area contributed by atoms with Crippen LogP contribution in [0.15, 0.2) is 29.3 Å². The first-order valence-electron chi connectivity index (χ1n) is 10.7. The zero-order chi connectivity index (χ0) is 20.4. The summed E-state index contributed by atoms with van der Waals surface area (Å²) < 4.78 is 0. The minimum atomic E-state index is -0.797. The fourth-order valence-corrected chi connectivity index (χ4v) is 4.93. The van der Waals surface area contributed by atoms with E-state index in [9.17, 15) is 9.59 Å². The minimum absolute atomic E-state index is 0. The van der Waals surface area contributed by atoms with Crippen molar-refractivity contribution >= 4 is 41.9 Å². The SMILES string of the molecule is CCNC(=NCC1Cc2ccccc2C1)N1CCC(C2(C)NC(=O)NC2=O)CC1.I. The number of amides is 3. The molecule has 4 rings (SSSR count). The molecule has 1 aromatic carbocycles. The molecule has 30 heavy (non-hydrogen) atoms. The highest BCUT2D eigenvalue weighted by Gasteiger charge is 2.48. The Morgan fingerprint density at radius 1 is 1.20 bits per heavy atom. The first-order chi connectivity index (χ1) is 14.0. The second kappa shape index (κ2) is 9.53. The number of hydrogen-bond donors (Lipinski definition) is 3. The lowest BCUT2D eigenvalue weighted by atomic mass is 9.79. The monoisotopic (exact) mass is 525 g/mol. The first-order valence-corrected chi connectivity index (χ1v) is 10.7. The molecule has 2 heterocycles. The van der Waals surface area contributed by atoms with Gasteiger partial charge in [-0.2, -0.15) is 0 Å². The lowest BCUT2D eigenvalue weighted by Gasteiger charge is -2.39. The van der Waals surface area contributed by atoms with E-state index >= 15 is 0 Å². The molecule has 1 aliphatic carbocycles. The van der Waals surface area contributed by atoms with Gasteiger partial charge >= 0.3 is 6.03 Å². The van der Waals surface area contributed by atoms with E-state index in [1.165, 1.54) is 11.1 Å². The quantitative estimate of drug-likeness (QED) is 0.244. The second-order valence-electron chi connectivity index (χ2n) is 8.61. The number of likely N-dealkylation sites (tertiary alicyclic amines) is 1. The van der Waals surface area contributed by atoms with E-state index in [0.29, 0.717) is 5.92 Å². The van der Waals surface area contributed by atoms with Crippen molar-refractivity contribution in [3.05, 3.63) is 35.4 Å². The number of nitrogens with one attached hydrogen (secondary N) is 3. The van der Waals surface area contributed by atoms with Gasteiger partial charge in [-0.1, -0.05) is 24.3 Å². The van der Waals surface area contributed by atoms with Gasteiger partial charge < -0.3 is 15.5 Å². The normalized spacial score (nSPS) is 24.9. The lowest BCUT2D eigenvalue weighted by molar-refractivity contribution is -0.125. The highest BCUT2D eigenvalue weighted by molar-refractivity contribution is 14.0. The Kier molecular flexibility index (Phi) is 7.26. The van der Waals surface area contributed by atoms with Crippen LogP contribution in [0.5, 0.6) is 0 Å². The molecular formula is C22H32IN5O2. The maximum absolute atomic E-state index is 12.2. The number of carbonyl (C=O) groups is 2. The number of carbonyl (C=O) groups excluding carboxylic acids is 2. The van der Waals surface area contributed by atoms with Gasteiger partial charge in [0.2, 0.25) is 0 Å². The Hall–Kier alpha value is -1.84. The van der Waals surface area contributed by atoms with Crippen molar-refractivity contribution in [3.63, 3.8) is 0 Å². The van der Waals surface area contributed by atoms with Crippen LogP contribution in [-0.4, -0.2) is 54.5 Å². The molecule has 1 aromatic rings. The van der Waals surface area contributed by atoms with Crippen molar-refractivity contribution in [2.24, 2.45) is 16.8 Å². The molecule has 0 aromatic heterocycles. The Labute approximate surface area is 195 Å². The maximum Gasteiger partial charge on any atom is 0.322 e. The van der Waals surface area contributed by atoms with Crippen molar-refractivity contribution in [1.29, 1.82) is 0 Å². The van der Waals surface area contributed by atoms with E-state index < -0.39 is 5.54 Å². The highest BCUT2D eigenvalue weighted by Crippen LogP contribution is 2.31. The minimum Gasteiger partial charge on any atom is -0.357 e. The first kappa shape index (κ1) is 22.8. The van der Waals surface area contributed by atoms with E-state index in [1.54, 1.807) is 0 Å². The van der Waals surface area contributed by atoms with Crippen LogP contribution in [0.3, 0.4) is 0 Å². The molecule has 1 unspecified atom stereocenters. The highest BCUT2D eigenvalue weighted by atomic mass is 127. The maximum atomic E-state index is 12.2. The number of halogens is 1. The van der Waals surface area contributed by atoms with E-state index in [1.807, 2.05) is 6.92 Å². The van der Waals surface area contributed by atoms with Gasteiger partial charge in [-0.3, -0.25) is 15.1 Å². The molecule has 3 amide bonds. The van der Waals surface area contributed by atoms with Crippen molar-refractivity contribution in [3.8, 4) is 0 Å². The standard InChI is InChI=1S/C22H31N5O2.HI/c1-3-23-20(24-14-15-12-16-6-4-5-7-17(16)13-15)27-10-8-18(9-11-27)22(2)19(28)25-21(29)26-22;/h4-7,15,18H,3,8-14H2,1-2H3,(H,23,24)(H2,25,26,28,29);1H. The molecule has 0 radical (unpaired) electrons. The number of fused-ring (bicyclic) bond motifs is 1. The molecule has 7 nitrogen and oxygen atoms in total.